The van der Waals surface area contributed by atoms with Crippen molar-refractivity contribution in [2.75, 3.05) is 27.3 Å². The van der Waals surface area contributed by atoms with Gasteiger partial charge in [-0.05, 0) is 51.0 Å². The van der Waals surface area contributed by atoms with E-state index in [4.69, 9.17) is 9.47 Å². The lowest BCUT2D eigenvalue weighted by molar-refractivity contribution is 0.0587. The molecule has 7 nitrogen and oxygen atoms in total. The van der Waals surface area contributed by atoms with E-state index in [0.29, 0.717) is 53.3 Å². The molecule has 0 fully saturated rings. The summed E-state index contributed by atoms with van der Waals surface area (Å²) < 4.78 is 11.9. The van der Waals surface area contributed by atoms with Crippen LogP contribution in [-0.4, -0.2) is 54.4 Å². The zero-order chi connectivity index (χ0) is 22.4. The lowest BCUT2D eigenvalue weighted by Gasteiger charge is -2.22. The number of Topliss-reactive ketones (excluding diaryl/α,β-unsaturated/α-hetero) is 1. The van der Waals surface area contributed by atoms with Crippen LogP contribution in [0.1, 0.15) is 62.7 Å². The Balaban J connectivity index is 2.38. The van der Waals surface area contributed by atoms with E-state index in [2.05, 4.69) is 0 Å². The number of hydrogen-bond acceptors (Lipinski definition) is 5. The van der Waals surface area contributed by atoms with E-state index >= 15 is 0 Å². The smallest absolute Gasteiger partial charge is 0.354 e. The average molecular weight is 415 g/mol. The number of amides is 1. The number of ketones is 1. The van der Waals surface area contributed by atoms with Crippen LogP contribution in [0, 0.1) is 13.8 Å². The van der Waals surface area contributed by atoms with Crippen molar-refractivity contribution in [2.45, 2.75) is 40.7 Å². The fraction of sp³-hybridized carbons (Fsp3) is 0.435. The number of hydrogen-bond donors (Lipinski definition) is 0. The molecule has 1 aromatic carbocycles. The first-order valence-corrected chi connectivity index (χ1v) is 10.0. The molecule has 0 spiro atoms. The van der Waals surface area contributed by atoms with Crippen molar-refractivity contribution in [1.29, 1.82) is 0 Å². The number of nitrogens with zero attached hydrogens (tertiary/aromatic N) is 2. The number of carbonyl (C=O) groups is 3. The van der Waals surface area contributed by atoms with Crippen molar-refractivity contribution < 1.29 is 23.9 Å². The van der Waals surface area contributed by atoms with Gasteiger partial charge in [0, 0.05) is 29.9 Å². The molecule has 0 saturated carbocycles. The number of aromatic nitrogens is 1. The minimum atomic E-state index is -0.477. The van der Waals surface area contributed by atoms with E-state index in [1.807, 2.05) is 20.8 Å². The molecule has 1 aromatic heterocycles. The Labute approximate surface area is 177 Å². The molecule has 0 saturated heterocycles. The molecular formula is C23H30N2O5. The maximum atomic E-state index is 13.2. The van der Waals surface area contributed by atoms with E-state index in [1.165, 1.54) is 12.0 Å². The molecular weight excluding hydrogens is 384 g/mol. The summed E-state index contributed by atoms with van der Waals surface area (Å²) >= 11 is 0. The Kier molecular flexibility index (Phi) is 7.80. The molecule has 0 unspecified atom stereocenters. The quantitative estimate of drug-likeness (QED) is 0.462. The molecule has 0 aliphatic heterocycles. The topological polar surface area (TPSA) is 77.8 Å². The number of methoxy groups -OCH3 is 2. The molecule has 7 heteroatoms. The first-order valence-electron chi connectivity index (χ1n) is 10.0. The summed E-state index contributed by atoms with van der Waals surface area (Å²) in [4.78, 5) is 40.1. The maximum Gasteiger partial charge on any atom is 0.354 e. The van der Waals surface area contributed by atoms with Gasteiger partial charge in [-0.25, -0.2) is 4.79 Å². The van der Waals surface area contributed by atoms with Crippen LogP contribution in [0.3, 0.4) is 0 Å². The number of carbonyl (C=O) groups excluding carboxylic acids is 3. The summed E-state index contributed by atoms with van der Waals surface area (Å²) in [6, 6.07) is 6.88. The van der Waals surface area contributed by atoms with Gasteiger partial charge >= 0.3 is 5.97 Å². The highest BCUT2D eigenvalue weighted by Crippen LogP contribution is 2.24. The van der Waals surface area contributed by atoms with Crippen molar-refractivity contribution in [1.82, 2.24) is 9.47 Å². The summed E-state index contributed by atoms with van der Waals surface area (Å²) in [6.07, 6.45) is 0.713. The van der Waals surface area contributed by atoms with Gasteiger partial charge in [0.2, 0.25) is 0 Å². The normalized spacial score (nSPS) is 10.6. The monoisotopic (exact) mass is 414 g/mol. The highest BCUT2D eigenvalue weighted by Gasteiger charge is 2.28. The fourth-order valence-electron chi connectivity index (χ4n) is 3.77. The van der Waals surface area contributed by atoms with E-state index in [-0.39, 0.29) is 18.2 Å². The number of esters is 1. The van der Waals surface area contributed by atoms with Gasteiger partial charge in [0.05, 0.1) is 20.8 Å². The standard InChI is InChI=1S/C23H30N2O5/c1-7-12-24(22(27)17-10-9-11-18(13-17)29-5)14-19(26)20-15(3)21(23(28)30-6)25(8-2)16(20)4/h9-11,13H,7-8,12,14H2,1-6H3. The number of benzene rings is 1. The maximum absolute atomic E-state index is 13.2. The largest absolute Gasteiger partial charge is 0.497 e. The predicted molar refractivity (Wildman–Crippen MR) is 114 cm³/mol. The molecule has 1 heterocycles. The predicted octanol–water partition coefficient (Wildman–Crippen LogP) is 3.66. The number of rotatable bonds is 9. The van der Waals surface area contributed by atoms with Gasteiger partial charge < -0.3 is 18.9 Å². The molecule has 0 aliphatic carbocycles. The highest BCUT2D eigenvalue weighted by molar-refractivity contribution is 6.06. The Morgan fingerprint density at radius 2 is 1.80 bits per heavy atom. The second kappa shape index (κ2) is 10.1. The molecule has 30 heavy (non-hydrogen) atoms. The first-order chi connectivity index (χ1) is 14.3. The second-order valence-electron chi connectivity index (χ2n) is 7.05. The molecule has 1 amide bonds. The SMILES string of the molecule is CCCN(CC(=O)c1c(C)c(C(=O)OC)n(CC)c1C)C(=O)c1cccc(OC)c1. The van der Waals surface area contributed by atoms with Crippen LogP contribution in [0.5, 0.6) is 5.75 Å². The summed E-state index contributed by atoms with van der Waals surface area (Å²) in [5.41, 5.74) is 2.59. The first kappa shape index (κ1) is 23.2. The minimum absolute atomic E-state index is 0.0695. The summed E-state index contributed by atoms with van der Waals surface area (Å²) in [5, 5.41) is 0. The Hall–Kier alpha value is -3.09. The fourth-order valence-corrected chi connectivity index (χ4v) is 3.77. The van der Waals surface area contributed by atoms with Gasteiger partial charge in [0.25, 0.3) is 5.91 Å². The van der Waals surface area contributed by atoms with Gasteiger partial charge in [-0.2, -0.15) is 0 Å². The van der Waals surface area contributed by atoms with Crippen LogP contribution in [0.2, 0.25) is 0 Å². The van der Waals surface area contributed by atoms with E-state index in [0.717, 1.165) is 0 Å². The Bertz CT molecular complexity index is 945. The molecule has 0 bridgehead atoms. The highest BCUT2D eigenvalue weighted by atomic mass is 16.5. The minimum Gasteiger partial charge on any atom is -0.497 e. The van der Waals surface area contributed by atoms with Crippen LogP contribution in [0.25, 0.3) is 0 Å². The molecule has 0 atom stereocenters. The number of ether oxygens (including phenoxy) is 2. The molecule has 2 rings (SSSR count). The van der Waals surface area contributed by atoms with E-state index in [1.54, 1.807) is 42.9 Å². The van der Waals surface area contributed by atoms with Gasteiger partial charge in [-0.1, -0.05) is 13.0 Å². The lowest BCUT2D eigenvalue weighted by atomic mass is 10.0. The van der Waals surface area contributed by atoms with Crippen LogP contribution < -0.4 is 4.74 Å². The molecule has 162 valence electrons. The average Bonchev–Trinajstić information content (AvgIpc) is 3.01. The van der Waals surface area contributed by atoms with Crippen LogP contribution in [0.4, 0.5) is 0 Å². The third kappa shape index (κ3) is 4.56. The molecule has 0 radical (unpaired) electrons. The summed E-state index contributed by atoms with van der Waals surface area (Å²) in [6.45, 7) is 8.32. The van der Waals surface area contributed by atoms with Crippen molar-refractivity contribution >= 4 is 17.7 Å². The summed E-state index contributed by atoms with van der Waals surface area (Å²) in [5.74, 6) is -0.331. The van der Waals surface area contributed by atoms with Gasteiger partial charge in [-0.15, -0.1) is 0 Å². The molecule has 2 aromatic rings. The van der Waals surface area contributed by atoms with Crippen LogP contribution in [-0.2, 0) is 11.3 Å². The Morgan fingerprint density at radius 3 is 2.37 bits per heavy atom. The van der Waals surface area contributed by atoms with Gasteiger partial charge in [0.15, 0.2) is 5.78 Å². The summed E-state index contributed by atoms with van der Waals surface area (Å²) in [7, 11) is 2.86. The van der Waals surface area contributed by atoms with E-state index in [9.17, 15) is 14.4 Å². The van der Waals surface area contributed by atoms with E-state index < -0.39 is 5.97 Å². The lowest BCUT2D eigenvalue weighted by Crippen LogP contribution is -2.36. The van der Waals surface area contributed by atoms with Gasteiger partial charge in [-0.3, -0.25) is 9.59 Å². The zero-order valence-electron chi connectivity index (χ0n) is 18.6. The van der Waals surface area contributed by atoms with Crippen molar-refractivity contribution in [3.05, 3.63) is 52.3 Å². The third-order valence-electron chi connectivity index (χ3n) is 5.17. The van der Waals surface area contributed by atoms with Crippen LogP contribution >= 0.6 is 0 Å². The molecule has 0 N–H and O–H groups in total. The van der Waals surface area contributed by atoms with Gasteiger partial charge in [0.1, 0.15) is 11.4 Å². The Morgan fingerprint density at radius 1 is 1.10 bits per heavy atom. The van der Waals surface area contributed by atoms with Crippen molar-refractivity contribution in [3.63, 3.8) is 0 Å². The zero-order valence-corrected chi connectivity index (χ0v) is 18.6. The second-order valence-corrected chi connectivity index (χ2v) is 7.05. The van der Waals surface area contributed by atoms with Crippen molar-refractivity contribution in [2.24, 2.45) is 0 Å². The van der Waals surface area contributed by atoms with Crippen LogP contribution in [0.15, 0.2) is 24.3 Å². The van der Waals surface area contributed by atoms with Crippen molar-refractivity contribution in [3.8, 4) is 5.75 Å². The molecule has 0 aliphatic rings. The third-order valence-corrected chi connectivity index (χ3v) is 5.17.